The molecule has 0 radical (unpaired) electrons. The first kappa shape index (κ1) is 13.3. The Balaban J connectivity index is 1.75. The second-order valence-corrected chi connectivity index (χ2v) is 6.90. The summed E-state index contributed by atoms with van der Waals surface area (Å²) in [6, 6.07) is 1.66. The molecule has 0 atom stereocenters. The second kappa shape index (κ2) is 4.87. The molecule has 1 saturated carbocycles. The first-order valence-electron chi connectivity index (χ1n) is 7.03. The first-order valence-corrected chi connectivity index (χ1v) is 7.03. The van der Waals surface area contributed by atoms with Gasteiger partial charge in [-0.2, -0.15) is 0 Å². The molecule has 0 N–H and O–H groups in total. The third-order valence-electron chi connectivity index (χ3n) is 4.75. The standard InChI is InChI=1S/C14H29N3/c1-14(2,3)16(5)12-10-13(11-12)17-8-6-15(4)7-9-17/h12-13H,6-11H2,1-5H3/t12-,13+. The lowest BCUT2D eigenvalue weighted by molar-refractivity contribution is -0.0124. The molecular weight excluding hydrogens is 210 g/mol. The van der Waals surface area contributed by atoms with E-state index >= 15 is 0 Å². The summed E-state index contributed by atoms with van der Waals surface area (Å²) in [7, 11) is 4.51. The van der Waals surface area contributed by atoms with Crippen molar-refractivity contribution in [1.82, 2.24) is 14.7 Å². The molecule has 2 aliphatic rings. The van der Waals surface area contributed by atoms with Crippen molar-refractivity contribution in [2.24, 2.45) is 0 Å². The lowest BCUT2D eigenvalue weighted by atomic mass is 9.82. The third-order valence-corrected chi connectivity index (χ3v) is 4.75. The summed E-state index contributed by atoms with van der Waals surface area (Å²) >= 11 is 0. The zero-order chi connectivity index (χ0) is 12.6. The molecule has 0 aromatic rings. The number of nitrogens with zero attached hydrogens (tertiary/aromatic N) is 3. The molecule has 17 heavy (non-hydrogen) atoms. The van der Waals surface area contributed by atoms with E-state index in [-0.39, 0.29) is 0 Å². The maximum absolute atomic E-state index is 2.70. The van der Waals surface area contributed by atoms with Gasteiger partial charge in [0.15, 0.2) is 0 Å². The van der Waals surface area contributed by atoms with Gasteiger partial charge in [-0.1, -0.05) is 0 Å². The molecule has 0 unspecified atom stereocenters. The minimum atomic E-state index is 0.317. The Bertz CT molecular complexity index is 245. The highest BCUT2D eigenvalue weighted by Crippen LogP contribution is 2.33. The van der Waals surface area contributed by atoms with Crippen molar-refractivity contribution in [2.75, 3.05) is 40.3 Å². The van der Waals surface area contributed by atoms with Crippen LogP contribution >= 0.6 is 0 Å². The highest BCUT2D eigenvalue weighted by atomic mass is 15.3. The van der Waals surface area contributed by atoms with Crippen LogP contribution in [0.2, 0.25) is 0 Å². The summed E-state index contributed by atoms with van der Waals surface area (Å²) in [6.07, 6.45) is 2.75. The molecule has 3 nitrogen and oxygen atoms in total. The second-order valence-electron chi connectivity index (χ2n) is 6.90. The van der Waals surface area contributed by atoms with E-state index in [2.05, 4.69) is 49.6 Å². The van der Waals surface area contributed by atoms with Crippen LogP contribution in [0.5, 0.6) is 0 Å². The highest BCUT2D eigenvalue weighted by Gasteiger charge is 2.39. The fraction of sp³-hybridized carbons (Fsp3) is 1.00. The predicted molar refractivity (Wildman–Crippen MR) is 73.4 cm³/mol. The van der Waals surface area contributed by atoms with Crippen molar-refractivity contribution < 1.29 is 0 Å². The van der Waals surface area contributed by atoms with E-state index in [9.17, 15) is 0 Å². The average Bonchev–Trinajstić information content (AvgIpc) is 2.17. The minimum Gasteiger partial charge on any atom is -0.304 e. The van der Waals surface area contributed by atoms with Gasteiger partial charge in [0.25, 0.3) is 0 Å². The van der Waals surface area contributed by atoms with Crippen LogP contribution in [0.15, 0.2) is 0 Å². The lowest BCUT2D eigenvalue weighted by Gasteiger charge is -2.51. The SMILES string of the molecule is CN1CCN([C@H]2C[C@@H](N(C)C(C)(C)C)C2)CC1. The van der Waals surface area contributed by atoms with Crippen molar-refractivity contribution in [3.8, 4) is 0 Å². The van der Waals surface area contributed by atoms with Gasteiger partial charge in [0, 0.05) is 43.8 Å². The number of likely N-dealkylation sites (N-methyl/N-ethyl adjacent to an activating group) is 1. The first-order chi connectivity index (χ1) is 7.88. The van der Waals surface area contributed by atoms with Gasteiger partial charge in [-0.3, -0.25) is 9.80 Å². The maximum atomic E-state index is 2.70. The summed E-state index contributed by atoms with van der Waals surface area (Å²) in [5.41, 5.74) is 0.317. The Morgan fingerprint density at radius 2 is 1.53 bits per heavy atom. The van der Waals surface area contributed by atoms with Gasteiger partial charge in [0.2, 0.25) is 0 Å². The Morgan fingerprint density at radius 3 is 2.00 bits per heavy atom. The Kier molecular flexibility index (Phi) is 3.81. The molecular formula is C14H29N3. The van der Waals surface area contributed by atoms with Gasteiger partial charge in [-0.05, 0) is 47.7 Å². The molecule has 1 heterocycles. The average molecular weight is 239 g/mol. The number of rotatable bonds is 2. The van der Waals surface area contributed by atoms with Crippen molar-refractivity contribution >= 4 is 0 Å². The van der Waals surface area contributed by atoms with Crippen LogP contribution in [0.3, 0.4) is 0 Å². The van der Waals surface area contributed by atoms with Crippen molar-refractivity contribution in [2.45, 2.75) is 51.2 Å². The van der Waals surface area contributed by atoms with Crippen LogP contribution in [-0.4, -0.2) is 72.6 Å². The lowest BCUT2D eigenvalue weighted by Crippen LogP contribution is -2.60. The zero-order valence-corrected chi connectivity index (χ0v) is 12.2. The van der Waals surface area contributed by atoms with Gasteiger partial charge in [0.05, 0.1) is 0 Å². The van der Waals surface area contributed by atoms with E-state index in [0.29, 0.717) is 5.54 Å². The largest absolute Gasteiger partial charge is 0.304 e. The molecule has 0 amide bonds. The molecule has 0 bridgehead atoms. The van der Waals surface area contributed by atoms with Crippen LogP contribution in [0, 0.1) is 0 Å². The highest BCUT2D eigenvalue weighted by molar-refractivity contribution is 4.96. The molecule has 100 valence electrons. The van der Waals surface area contributed by atoms with Crippen LogP contribution in [0.4, 0.5) is 0 Å². The Hall–Kier alpha value is -0.120. The topological polar surface area (TPSA) is 9.72 Å². The fourth-order valence-corrected chi connectivity index (χ4v) is 2.91. The summed E-state index contributed by atoms with van der Waals surface area (Å²) in [6.45, 7) is 12.0. The van der Waals surface area contributed by atoms with Gasteiger partial charge in [0.1, 0.15) is 0 Å². The Morgan fingerprint density at radius 1 is 1.00 bits per heavy atom. The van der Waals surface area contributed by atoms with E-state index in [4.69, 9.17) is 0 Å². The Labute approximate surface area is 107 Å². The molecule has 1 saturated heterocycles. The van der Waals surface area contributed by atoms with E-state index in [0.717, 1.165) is 12.1 Å². The summed E-state index contributed by atoms with van der Waals surface area (Å²) in [5.74, 6) is 0. The van der Waals surface area contributed by atoms with Crippen molar-refractivity contribution in [3.63, 3.8) is 0 Å². The third kappa shape index (κ3) is 3.01. The molecule has 2 fully saturated rings. The monoisotopic (exact) mass is 239 g/mol. The van der Waals surface area contributed by atoms with Crippen LogP contribution in [-0.2, 0) is 0 Å². The van der Waals surface area contributed by atoms with E-state index in [1.807, 2.05) is 0 Å². The van der Waals surface area contributed by atoms with Crippen LogP contribution in [0.1, 0.15) is 33.6 Å². The van der Waals surface area contributed by atoms with Gasteiger partial charge < -0.3 is 4.90 Å². The van der Waals surface area contributed by atoms with Crippen molar-refractivity contribution in [3.05, 3.63) is 0 Å². The van der Waals surface area contributed by atoms with E-state index in [1.54, 1.807) is 0 Å². The van der Waals surface area contributed by atoms with Crippen LogP contribution in [0.25, 0.3) is 0 Å². The molecule has 2 rings (SSSR count). The molecule has 0 aromatic heterocycles. The molecule has 0 aromatic carbocycles. The summed E-state index contributed by atoms with van der Waals surface area (Å²) in [5, 5.41) is 0. The smallest absolute Gasteiger partial charge is 0.0127 e. The zero-order valence-electron chi connectivity index (χ0n) is 12.2. The van der Waals surface area contributed by atoms with Gasteiger partial charge in [-0.25, -0.2) is 0 Å². The molecule has 3 heteroatoms. The molecule has 0 spiro atoms. The number of hydrogen-bond donors (Lipinski definition) is 0. The van der Waals surface area contributed by atoms with Gasteiger partial charge in [-0.15, -0.1) is 0 Å². The fourth-order valence-electron chi connectivity index (χ4n) is 2.91. The van der Waals surface area contributed by atoms with Gasteiger partial charge >= 0.3 is 0 Å². The van der Waals surface area contributed by atoms with Crippen LogP contribution < -0.4 is 0 Å². The number of hydrogen-bond acceptors (Lipinski definition) is 3. The summed E-state index contributed by atoms with van der Waals surface area (Å²) in [4.78, 5) is 7.69. The molecule has 1 aliphatic carbocycles. The minimum absolute atomic E-state index is 0.317. The molecule has 1 aliphatic heterocycles. The summed E-state index contributed by atoms with van der Waals surface area (Å²) < 4.78 is 0. The number of piperazine rings is 1. The van der Waals surface area contributed by atoms with Crippen molar-refractivity contribution in [1.29, 1.82) is 0 Å². The predicted octanol–water partition coefficient (Wildman–Crippen LogP) is 1.50. The maximum Gasteiger partial charge on any atom is 0.0127 e. The van der Waals surface area contributed by atoms with E-state index < -0.39 is 0 Å². The quantitative estimate of drug-likeness (QED) is 0.723. The normalized spacial score (nSPS) is 32.8. The van der Waals surface area contributed by atoms with E-state index in [1.165, 1.54) is 39.0 Å².